The maximum Gasteiger partial charge on any atom is 0.316 e. The summed E-state index contributed by atoms with van der Waals surface area (Å²) in [6.07, 6.45) is 4.27. The molecular weight excluding hydrogens is 346 g/mol. The molecule has 0 radical (unpaired) electrons. The number of imidazole rings is 1. The molecule has 2 aromatic heterocycles. The number of hydrogen-bond acceptors (Lipinski definition) is 6. The lowest BCUT2D eigenvalue weighted by Crippen LogP contribution is -2.36. The average molecular weight is 359 g/mol. The second-order valence-electron chi connectivity index (χ2n) is 5.49. The summed E-state index contributed by atoms with van der Waals surface area (Å²) in [4.78, 5) is 51.7. The largest absolute Gasteiger partial charge is 0.481 e. The number of rotatable bonds is 6. The van der Waals surface area contributed by atoms with E-state index in [-0.39, 0.29) is 41.8 Å². The predicted octanol–water partition coefficient (Wildman–Crippen LogP) is 0.648. The number of aromatic amines is 1. The van der Waals surface area contributed by atoms with Crippen molar-refractivity contribution in [3.8, 4) is 5.69 Å². The van der Waals surface area contributed by atoms with E-state index in [2.05, 4.69) is 9.97 Å². The van der Waals surface area contributed by atoms with Gasteiger partial charge >= 0.3 is 17.1 Å². The Balaban J connectivity index is 2.26. The molecule has 0 atom stereocenters. The molecule has 11 heteroatoms. The SMILES string of the molecule is O=C(O)CCCn1c(=O)c(=O)[nH]c2cc([N+](=O)[O-])c(-n3ccnc3)cc21. The minimum absolute atomic E-state index is 0.00721. The molecular formula is C15H13N5O6. The predicted molar refractivity (Wildman–Crippen MR) is 89.5 cm³/mol. The number of benzene rings is 1. The van der Waals surface area contributed by atoms with Crippen LogP contribution in [0.4, 0.5) is 5.69 Å². The molecule has 0 amide bonds. The summed E-state index contributed by atoms with van der Waals surface area (Å²) in [5.74, 6) is -1.03. The summed E-state index contributed by atoms with van der Waals surface area (Å²) in [5.41, 5.74) is -1.53. The highest BCUT2D eigenvalue weighted by Crippen LogP contribution is 2.27. The molecule has 1 aromatic carbocycles. The Hall–Kier alpha value is -3.76. The van der Waals surface area contributed by atoms with Gasteiger partial charge in [0, 0.05) is 31.4 Å². The number of aromatic nitrogens is 4. The monoisotopic (exact) mass is 359 g/mol. The van der Waals surface area contributed by atoms with Gasteiger partial charge in [-0.1, -0.05) is 0 Å². The van der Waals surface area contributed by atoms with E-state index >= 15 is 0 Å². The number of aryl methyl sites for hydroxylation is 1. The summed E-state index contributed by atoms with van der Waals surface area (Å²) in [5, 5.41) is 20.1. The highest BCUT2D eigenvalue weighted by Gasteiger charge is 2.19. The van der Waals surface area contributed by atoms with Crippen LogP contribution in [-0.2, 0) is 11.3 Å². The van der Waals surface area contributed by atoms with Crippen LogP contribution in [0.1, 0.15) is 12.8 Å². The standard InChI is InChI=1S/C15H13N5O6/c21-13(22)2-1-4-19-10-7-11(18-5-3-16-8-18)12(20(25)26)6-9(10)17-14(23)15(19)24/h3,5-8H,1-2,4H2,(H,17,23)(H,21,22). The van der Waals surface area contributed by atoms with Gasteiger partial charge in [-0.2, -0.15) is 0 Å². The molecule has 11 nitrogen and oxygen atoms in total. The van der Waals surface area contributed by atoms with Crippen LogP contribution in [0.5, 0.6) is 0 Å². The minimum atomic E-state index is -1.03. The number of nitro benzene ring substituents is 1. The van der Waals surface area contributed by atoms with Gasteiger partial charge in [-0.05, 0) is 12.5 Å². The van der Waals surface area contributed by atoms with Gasteiger partial charge in [0.15, 0.2) is 0 Å². The quantitative estimate of drug-likeness (QED) is 0.372. The van der Waals surface area contributed by atoms with Crippen LogP contribution >= 0.6 is 0 Å². The molecule has 0 aliphatic carbocycles. The molecule has 2 N–H and O–H groups in total. The topological polar surface area (TPSA) is 153 Å². The van der Waals surface area contributed by atoms with Crippen molar-refractivity contribution in [1.82, 2.24) is 19.1 Å². The van der Waals surface area contributed by atoms with E-state index < -0.39 is 22.0 Å². The van der Waals surface area contributed by atoms with Crippen LogP contribution in [0.15, 0.2) is 40.4 Å². The van der Waals surface area contributed by atoms with Crippen molar-refractivity contribution in [3.63, 3.8) is 0 Å². The summed E-state index contributed by atoms with van der Waals surface area (Å²) in [6, 6.07) is 2.56. The van der Waals surface area contributed by atoms with Crippen molar-refractivity contribution in [1.29, 1.82) is 0 Å². The number of aliphatic carboxylic acids is 1. The van der Waals surface area contributed by atoms with Crippen molar-refractivity contribution in [3.05, 3.63) is 61.7 Å². The van der Waals surface area contributed by atoms with Gasteiger partial charge in [0.05, 0.1) is 22.3 Å². The highest BCUT2D eigenvalue weighted by molar-refractivity contribution is 5.82. The summed E-state index contributed by atoms with van der Waals surface area (Å²) >= 11 is 0. The minimum Gasteiger partial charge on any atom is -0.481 e. The van der Waals surface area contributed by atoms with E-state index in [4.69, 9.17) is 5.11 Å². The molecule has 3 aromatic rings. The average Bonchev–Trinajstić information content (AvgIpc) is 3.11. The first-order chi connectivity index (χ1) is 12.4. The molecule has 26 heavy (non-hydrogen) atoms. The van der Waals surface area contributed by atoms with E-state index in [9.17, 15) is 24.5 Å². The third kappa shape index (κ3) is 3.09. The first-order valence-corrected chi connectivity index (χ1v) is 7.54. The van der Waals surface area contributed by atoms with Crippen LogP contribution in [0.2, 0.25) is 0 Å². The molecule has 0 saturated heterocycles. The highest BCUT2D eigenvalue weighted by atomic mass is 16.6. The van der Waals surface area contributed by atoms with E-state index in [0.717, 1.165) is 4.57 Å². The number of nitrogens with one attached hydrogen (secondary N) is 1. The van der Waals surface area contributed by atoms with Gasteiger partial charge in [0.2, 0.25) is 0 Å². The summed E-state index contributed by atoms with van der Waals surface area (Å²) in [7, 11) is 0. The van der Waals surface area contributed by atoms with Crippen molar-refractivity contribution in [2.75, 3.05) is 0 Å². The molecule has 0 aliphatic heterocycles. The van der Waals surface area contributed by atoms with Crippen molar-refractivity contribution in [2.24, 2.45) is 0 Å². The summed E-state index contributed by atoms with van der Waals surface area (Å²) < 4.78 is 2.54. The fraction of sp³-hybridized carbons (Fsp3) is 0.200. The number of carboxylic acid groups (broad SMARTS) is 1. The number of fused-ring (bicyclic) bond motifs is 1. The number of nitrogens with zero attached hydrogens (tertiary/aromatic N) is 4. The second-order valence-corrected chi connectivity index (χ2v) is 5.49. The zero-order chi connectivity index (χ0) is 18.8. The Morgan fingerprint density at radius 3 is 2.73 bits per heavy atom. The zero-order valence-electron chi connectivity index (χ0n) is 13.3. The molecule has 0 bridgehead atoms. The number of carboxylic acids is 1. The molecule has 0 fully saturated rings. The molecule has 3 rings (SSSR count). The Morgan fingerprint density at radius 1 is 1.35 bits per heavy atom. The Morgan fingerprint density at radius 2 is 2.12 bits per heavy atom. The zero-order valence-corrected chi connectivity index (χ0v) is 13.3. The van der Waals surface area contributed by atoms with Crippen molar-refractivity contribution >= 4 is 22.7 Å². The Kier molecular flexibility index (Phi) is 4.35. The smallest absolute Gasteiger partial charge is 0.316 e. The number of carbonyl (C=O) groups is 1. The Labute approximate surface area is 144 Å². The first-order valence-electron chi connectivity index (χ1n) is 7.54. The fourth-order valence-corrected chi connectivity index (χ4v) is 2.66. The third-order valence-electron chi connectivity index (χ3n) is 3.82. The van der Waals surface area contributed by atoms with Crippen LogP contribution in [0.3, 0.4) is 0 Å². The van der Waals surface area contributed by atoms with Crippen molar-refractivity contribution < 1.29 is 14.8 Å². The molecule has 0 saturated carbocycles. The maximum atomic E-state index is 12.2. The van der Waals surface area contributed by atoms with Gasteiger partial charge < -0.3 is 19.2 Å². The van der Waals surface area contributed by atoms with Crippen LogP contribution in [0.25, 0.3) is 16.7 Å². The lowest BCUT2D eigenvalue weighted by Gasteiger charge is -2.11. The maximum absolute atomic E-state index is 12.2. The van der Waals surface area contributed by atoms with Gasteiger partial charge in [0.25, 0.3) is 5.69 Å². The van der Waals surface area contributed by atoms with Crippen LogP contribution in [0, 0.1) is 10.1 Å². The molecule has 0 aliphatic rings. The molecule has 0 spiro atoms. The van der Waals surface area contributed by atoms with Crippen molar-refractivity contribution in [2.45, 2.75) is 19.4 Å². The lowest BCUT2D eigenvalue weighted by molar-refractivity contribution is -0.384. The number of nitro groups is 1. The van der Waals surface area contributed by atoms with E-state index in [1.807, 2.05) is 0 Å². The molecule has 2 heterocycles. The number of hydrogen-bond donors (Lipinski definition) is 2. The van der Waals surface area contributed by atoms with Crippen LogP contribution < -0.4 is 11.1 Å². The van der Waals surface area contributed by atoms with Gasteiger partial charge in [0.1, 0.15) is 5.69 Å². The van der Waals surface area contributed by atoms with Gasteiger partial charge in [-0.3, -0.25) is 24.5 Å². The molecule has 134 valence electrons. The molecule has 0 unspecified atom stereocenters. The second kappa shape index (κ2) is 6.63. The normalized spacial score (nSPS) is 10.9. The van der Waals surface area contributed by atoms with Gasteiger partial charge in [-0.25, -0.2) is 4.98 Å². The first kappa shape index (κ1) is 17.1. The van der Waals surface area contributed by atoms with Gasteiger partial charge in [-0.15, -0.1) is 0 Å². The fourth-order valence-electron chi connectivity index (χ4n) is 2.66. The Bertz CT molecular complexity index is 1110. The van der Waals surface area contributed by atoms with E-state index in [1.54, 1.807) is 0 Å². The van der Waals surface area contributed by atoms with E-state index in [1.165, 1.54) is 35.4 Å². The van der Waals surface area contributed by atoms with Crippen LogP contribution in [-0.4, -0.2) is 35.1 Å². The van der Waals surface area contributed by atoms with E-state index in [0.29, 0.717) is 0 Å². The lowest BCUT2D eigenvalue weighted by atomic mass is 10.2. The summed E-state index contributed by atoms with van der Waals surface area (Å²) in [6.45, 7) is -0.00721. The number of H-pyrrole nitrogens is 1. The third-order valence-corrected chi connectivity index (χ3v) is 3.82.